The van der Waals surface area contributed by atoms with Gasteiger partial charge in [-0.1, -0.05) is 20.8 Å². The second-order valence-corrected chi connectivity index (χ2v) is 15.3. The summed E-state index contributed by atoms with van der Waals surface area (Å²) in [5.41, 5.74) is -1.25. The third-order valence-corrected chi connectivity index (χ3v) is 8.83. The molecule has 0 heterocycles. The zero-order valence-electron chi connectivity index (χ0n) is 19.2. The Balaban J connectivity index is 4.86. The lowest BCUT2D eigenvalue weighted by molar-refractivity contribution is -0.157. The summed E-state index contributed by atoms with van der Waals surface area (Å²) >= 11 is 0. The van der Waals surface area contributed by atoms with Crippen LogP contribution >= 0.6 is 0 Å². The van der Waals surface area contributed by atoms with E-state index in [9.17, 15) is 9.59 Å². The normalized spacial score (nSPS) is 14.5. The standard InChI is InChI=1S/C20H41NO5Si/c1-18(2,3)25-16(22)15(21-17(23)26-19(4,5)6)13-12-14-24-27(10,11)20(7,8)9/h15H,12-14H2,1-11H3,(H,21,23)/t15-/m1/s1. The molecule has 0 spiro atoms. The first-order valence-electron chi connectivity index (χ1n) is 9.70. The lowest BCUT2D eigenvalue weighted by Gasteiger charge is -2.36. The smallest absolute Gasteiger partial charge is 0.408 e. The van der Waals surface area contributed by atoms with Crippen LogP contribution in [0.1, 0.15) is 75.2 Å². The maximum absolute atomic E-state index is 12.5. The predicted molar refractivity (Wildman–Crippen MR) is 111 cm³/mol. The Kier molecular flexibility index (Phi) is 9.03. The Bertz CT molecular complexity index is 498. The third kappa shape index (κ3) is 11.4. The summed E-state index contributed by atoms with van der Waals surface area (Å²) in [7, 11) is -1.83. The van der Waals surface area contributed by atoms with Crippen molar-refractivity contribution in [1.29, 1.82) is 0 Å². The molecular weight excluding hydrogens is 362 g/mol. The highest BCUT2D eigenvalue weighted by atomic mass is 28.4. The summed E-state index contributed by atoms with van der Waals surface area (Å²) < 4.78 is 16.9. The maximum atomic E-state index is 12.5. The lowest BCUT2D eigenvalue weighted by Crippen LogP contribution is -2.46. The van der Waals surface area contributed by atoms with Crippen molar-refractivity contribution in [1.82, 2.24) is 5.32 Å². The summed E-state index contributed by atoms with van der Waals surface area (Å²) in [6.45, 7) is 22.2. The average molecular weight is 404 g/mol. The molecule has 0 unspecified atom stereocenters. The minimum atomic E-state index is -1.83. The van der Waals surface area contributed by atoms with Gasteiger partial charge in [-0.05, 0) is 72.5 Å². The molecule has 0 aromatic carbocycles. The van der Waals surface area contributed by atoms with Gasteiger partial charge in [0.15, 0.2) is 8.32 Å². The van der Waals surface area contributed by atoms with Crippen molar-refractivity contribution in [3.63, 3.8) is 0 Å². The molecule has 0 aliphatic rings. The van der Waals surface area contributed by atoms with Crippen LogP contribution in [0.4, 0.5) is 4.79 Å². The van der Waals surface area contributed by atoms with Crippen LogP contribution in [-0.2, 0) is 18.7 Å². The molecule has 0 radical (unpaired) electrons. The van der Waals surface area contributed by atoms with Crippen LogP contribution in [0.25, 0.3) is 0 Å². The molecule has 1 N–H and O–H groups in total. The summed E-state index contributed by atoms with van der Waals surface area (Å²) in [4.78, 5) is 24.6. The van der Waals surface area contributed by atoms with E-state index in [1.54, 1.807) is 41.5 Å². The van der Waals surface area contributed by atoms with Gasteiger partial charge in [-0.3, -0.25) is 0 Å². The summed E-state index contributed by atoms with van der Waals surface area (Å²) in [6.07, 6.45) is 0.457. The Hall–Kier alpha value is -1.08. The van der Waals surface area contributed by atoms with Crippen LogP contribution in [-0.4, -0.2) is 44.2 Å². The van der Waals surface area contributed by atoms with Gasteiger partial charge in [0.25, 0.3) is 0 Å². The number of carbonyl (C=O) groups is 2. The van der Waals surface area contributed by atoms with Crippen LogP contribution in [0, 0.1) is 0 Å². The predicted octanol–water partition coefficient (Wildman–Crippen LogP) is 5.02. The number of alkyl carbamates (subject to hydrolysis) is 1. The Morgan fingerprint density at radius 2 is 1.37 bits per heavy atom. The van der Waals surface area contributed by atoms with Gasteiger partial charge >= 0.3 is 12.1 Å². The van der Waals surface area contributed by atoms with E-state index < -0.39 is 37.6 Å². The highest BCUT2D eigenvalue weighted by Crippen LogP contribution is 2.36. The van der Waals surface area contributed by atoms with Gasteiger partial charge in [-0.15, -0.1) is 0 Å². The number of ether oxygens (including phenoxy) is 2. The van der Waals surface area contributed by atoms with E-state index in [1.165, 1.54) is 0 Å². The molecule has 0 aromatic heterocycles. The second kappa shape index (κ2) is 9.41. The maximum Gasteiger partial charge on any atom is 0.408 e. The van der Waals surface area contributed by atoms with E-state index in [4.69, 9.17) is 13.9 Å². The Morgan fingerprint density at radius 3 is 1.78 bits per heavy atom. The quantitative estimate of drug-likeness (QED) is 0.367. The highest BCUT2D eigenvalue weighted by molar-refractivity contribution is 6.74. The largest absolute Gasteiger partial charge is 0.458 e. The van der Waals surface area contributed by atoms with Crippen molar-refractivity contribution < 1.29 is 23.5 Å². The third-order valence-electron chi connectivity index (χ3n) is 4.29. The van der Waals surface area contributed by atoms with Gasteiger partial charge in [0.2, 0.25) is 0 Å². The van der Waals surface area contributed by atoms with E-state index >= 15 is 0 Å². The van der Waals surface area contributed by atoms with Crippen molar-refractivity contribution in [2.45, 2.75) is 111 Å². The molecule has 0 aliphatic heterocycles. The fourth-order valence-electron chi connectivity index (χ4n) is 1.90. The summed E-state index contributed by atoms with van der Waals surface area (Å²) in [5, 5.41) is 2.78. The van der Waals surface area contributed by atoms with E-state index in [0.717, 1.165) is 0 Å². The van der Waals surface area contributed by atoms with Crippen LogP contribution < -0.4 is 5.32 Å². The molecule has 0 rings (SSSR count). The van der Waals surface area contributed by atoms with Crippen molar-refractivity contribution >= 4 is 20.4 Å². The first kappa shape index (κ1) is 25.9. The van der Waals surface area contributed by atoms with E-state index in [0.29, 0.717) is 19.4 Å². The van der Waals surface area contributed by atoms with Gasteiger partial charge in [0.05, 0.1) is 0 Å². The molecule has 0 saturated carbocycles. The van der Waals surface area contributed by atoms with E-state index in [-0.39, 0.29) is 5.04 Å². The fourth-order valence-corrected chi connectivity index (χ4v) is 2.99. The van der Waals surface area contributed by atoms with Crippen molar-refractivity contribution in [2.24, 2.45) is 0 Å². The van der Waals surface area contributed by atoms with Crippen molar-refractivity contribution in [2.75, 3.05) is 6.61 Å². The zero-order chi connectivity index (χ0) is 21.7. The minimum Gasteiger partial charge on any atom is -0.458 e. The molecule has 27 heavy (non-hydrogen) atoms. The second-order valence-electron chi connectivity index (χ2n) is 10.5. The number of esters is 1. The van der Waals surface area contributed by atoms with Crippen LogP contribution in [0.3, 0.4) is 0 Å². The molecule has 160 valence electrons. The highest BCUT2D eigenvalue weighted by Gasteiger charge is 2.37. The Morgan fingerprint density at radius 1 is 0.889 bits per heavy atom. The van der Waals surface area contributed by atoms with Crippen LogP contribution in [0.2, 0.25) is 18.1 Å². The van der Waals surface area contributed by atoms with Crippen molar-refractivity contribution in [3.8, 4) is 0 Å². The molecule has 0 aromatic rings. The average Bonchev–Trinajstić information content (AvgIpc) is 2.36. The number of hydrogen-bond donors (Lipinski definition) is 1. The monoisotopic (exact) mass is 403 g/mol. The first-order chi connectivity index (χ1) is 11.8. The molecule has 1 atom stereocenters. The van der Waals surface area contributed by atoms with Gasteiger partial charge in [0, 0.05) is 6.61 Å². The number of hydrogen-bond acceptors (Lipinski definition) is 5. The van der Waals surface area contributed by atoms with Crippen LogP contribution in [0.15, 0.2) is 0 Å². The molecule has 7 heteroatoms. The Labute approximate surface area is 166 Å². The number of carbonyl (C=O) groups excluding carboxylic acids is 2. The van der Waals surface area contributed by atoms with Gasteiger partial charge in [-0.25, -0.2) is 9.59 Å². The summed E-state index contributed by atoms with van der Waals surface area (Å²) in [6, 6.07) is -0.762. The molecular formula is C20H41NO5Si. The lowest BCUT2D eigenvalue weighted by atomic mass is 10.1. The first-order valence-corrected chi connectivity index (χ1v) is 12.6. The zero-order valence-corrected chi connectivity index (χ0v) is 20.2. The molecule has 6 nitrogen and oxygen atoms in total. The SMILES string of the molecule is CC(C)(C)OC(=O)N[C@H](CCCO[Si](C)(C)C(C)(C)C)C(=O)OC(C)(C)C. The van der Waals surface area contributed by atoms with Gasteiger partial charge in [-0.2, -0.15) is 0 Å². The van der Waals surface area contributed by atoms with E-state index in [1.807, 2.05) is 0 Å². The molecule has 0 fully saturated rings. The molecule has 1 amide bonds. The minimum absolute atomic E-state index is 0.131. The number of amides is 1. The molecule has 0 bridgehead atoms. The molecule has 0 aliphatic carbocycles. The van der Waals surface area contributed by atoms with Gasteiger partial charge < -0.3 is 19.2 Å². The topological polar surface area (TPSA) is 73.9 Å². The van der Waals surface area contributed by atoms with E-state index in [2.05, 4.69) is 39.2 Å². The van der Waals surface area contributed by atoms with Crippen molar-refractivity contribution in [3.05, 3.63) is 0 Å². The number of nitrogens with one attached hydrogen (secondary N) is 1. The molecule has 0 saturated heterocycles. The van der Waals surface area contributed by atoms with Gasteiger partial charge in [0.1, 0.15) is 17.2 Å². The summed E-state index contributed by atoms with van der Waals surface area (Å²) in [5.74, 6) is -0.458. The number of rotatable bonds is 7. The van der Waals surface area contributed by atoms with Crippen LogP contribution in [0.5, 0.6) is 0 Å². The fraction of sp³-hybridized carbons (Fsp3) is 0.900.